The van der Waals surface area contributed by atoms with Gasteiger partial charge in [-0.1, -0.05) is 56.3 Å². The summed E-state index contributed by atoms with van der Waals surface area (Å²) in [5, 5.41) is 5.47. The van der Waals surface area contributed by atoms with Gasteiger partial charge in [-0.15, -0.1) is 0 Å². The summed E-state index contributed by atoms with van der Waals surface area (Å²) >= 11 is 0. The number of carbonyl (C=O) groups excluding carboxylic acids is 3. The summed E-state index contributed by atoms with van der Waals surface area (Å²) in [7, 11) is 0. The fourth-order valence-electron chi connectivity index (χ4n) is 2.96. The first-order valence-electron chi connectivity index (χ1n) is 9.72. The maximum Gasteiger partial charge on any atom is 0.243 e. The molecule has 2 N–H and O–H groups in total. The van der Waals surface area contributed by atoms with Gasteiger partial charge in [0.05, 0.1) is 6.04 Å². The van der Waals surface area contributed by atoms with Crippen LogP contribution in [0.5, 0.6) is 0 Å². The van der Waals surface area contributed by atoms with E-state index >= 15 is 0 Å². The molecule has 2 atom stereocenters. The van der Waals surface area contributed by atoms with Gasteiger partial charge in [0.1, 0.15) is 18.1 Å². The van der Waals surface area contributed by atoms with E-state index in [1.165, 1.54) is 12.1 Å². The topological polar surface area (TPSA) is 75.3 Å². The molecule has 0 saturated heterocycles. The molecule has 2 aromatic rings. The van der Waals surface area contributed by atoms with Crippen molar-refractivity contribution >= 4 is 18.1 Å². The van der Waals surface area contributed by atoms with Gasteiger partial charge in [0, 0.05) is 6.42 Å². The smallest absolute Gasteiger partial charge is 0.243 e. The minimum Gasteiger partial charge on any atom is -0.344 e. The molecule has 0 spiro atoms. The van der Waals surface area contributed by atoms with E-state index in [0.717, 1.165) is 11.1 Å². The van der Waals surface area contributed by atoms with Gasteiger partial charge >= 0.3 is 0 Å². The second-order valence-corrected chi connectivity index (χ2v) is 7.36. The Kier molecular flexibility index (Phi) is 8.52. The number of aldehydes is 1. The molecule has 2 amide bonds. The molecule has 0 aliphatic rings. The molecule has 6 heteroatoms. The fraction of sp³-hybridized carbons (Fsp3) is 0.348. The lowest BCUT2D eigenvalue weighted by Gasteiger charge is -2.23. The van der Waals surface area contributed by atoms with Gasteiger partial charge < -0.3 is 15.4 Å². The van der Waals surface area contributed by atoms with Crippen LogP contribution in [0.3, 0.4) is 0 Å². The number of amides is 2. The molecule has 5 nitrogen and oxygen atoms in total. The van der Waals surface area contributed by atoms with Gasteiger partial charge in [-0.3, -0.25) is 9.59 Å². The highest BCUT2D eigenvalue weighted by Gasteiger charge is 2.26. The molecule has 0 aromatic heterocycles. The summed E-state index contributed by atoms with van der Waals surface area (Å²) in [4.78, 5) is 36.4. The molecule has 0 fully saturated rings. The number of rotatable bonds is 10. The highest BCUT2D eigenvalue weighted by Crippen LogP contribution is 2.08. The molecule has 1 unspecified atom stereocenters. The third kappa shape index (κ3) is 7.49. The predicted octanol–water partition coefficient (Wildman–Crippen LogP) is 2.83. The standard InChI is InChI=1S/C23H27FN2O3/c1-16(2)22(26-21(28)13-10-17-8-11-19(24)12-9-17)23(29)25-20(15-27)14-18-6-4-3-5-7-18/h3-9,11-12,15-16,20,22H,10,13-14H2,1-2H3,(H,25,29)(H,26,28)/t20?,22-/m0/s1. The largest absolute Gasteiger partial charge is 0.344 e. The van der Waals surface area contributed by atoms with Crippen LogP contribution in [0.2, 0.25) is 0 Å². The van der Waals surface area contributed by atoms with Gasteiger partial charge in [-0.25, -0.2) is 4.39 Å². The Morgan fingerprint density at radius 1 is 0.966 bits per heavy atom. The lowest BCUT2D eigenvalue weighted by molar-refractivity contribution is -0.131. The van der Waals surface area contributed by atoms with Gasteiger partial charge in [0.2, 0.25) is 11.8 Å². The van der Waals surface area contributed by atoms with Crippen LogP contribution in [0.25, 0.3) is 0 Å². The van der Waals surface area contributed by atoms with Crippen LogP contribution in [-0.4, -0.2) is 30.2 Å². The van der Waals surface area contributed by atoms with Crippen LogP contribution in [0, 0.1) is 11.7 Å². The molecule has 0 saturated carbocycles. The molecule has 2 rings (SSSR count). The predicted molar refractivity (Wildman–Crippen MR) is 110 cm³/mol. The second kappa shape index (κ2) is 11.1. The molecule has 0 aliphatic heterocycles. The molecule has 0 radical (unpaired) electrons. The van der Waals surface area contributed by atoms with E-state index in [1.807, 2.05) is 44.2 Å². The average molecular weight is 398 g/mol. The van der Waals surface area contributed by atoms with E-state index < -0.39 is 12.1 Å². The van der Waals surface area contributed by atoms with E-state index in [0.29, 0.717) is 19.1 Å². The number of halogens is 1. The Morgan fingerprint density at radius 3 is 2.21 bits per heavy atom. The molecule has 0 aliphatic carbocycles. The van der Waals surface area contributed by atoms with Crippen LogP contribution in [0.15, 0.2) is 54.6 Å². The van der Waals surface area contributed by atoms with Crippen molar-refractivity contribution in [2.45, 2.75) is 45.2 Å². The van der Waals surface area contributed by atoms with Crippen molar-refractivity contribution in [2.24, 2.45) is 5.92 Å². The summed E-state index contributed by atoms with van der Waals surface area (Å²) in [6.45, 7) is 3.66. The minimum atomic E-state index is -0.742. The summed E-state index contributed by atoms with van der Waals surface area (Å²) < 4.78 is 13.0. The van der Waals surface area contributed by atoms with Crippen LogP contribution in [0.4, 0.5) is 4.39 Å². The van der Waals surface area contributed by atoms with Gasteiger partial charge in [0.25, 0.3) is 0 Å². The Balaban J connectivity index is 1.90. The number of hydrogen-bond donors (Lipinski definition) is 2. The lowest BCUT2D eigenvalue weighted by atomic mass is 10.0. The third-order valence-corrected chi connectivity index (χ3v) is 4.61. The first kappa shape index (κ1) is 22.3. The molecule has 29 heavy (non-hydrogen) atoms. The summed E-state index contributed by atoms with van der Waals surface area (Å²) in [6, 6.07) is 14.0. The van der Waals surface area contributed by atoms with Crippen molar-refractivity contribution in [3.8, 4) is 0 Å². The SMILES string of the molecule is CC(C)[C@H](NC(=O)CCc1ccc(F)cc1)C(=O)NC(C=O)Cc1ccccc1. The number of nitrogens with one attached hydrogen (secondary N) is 2. The lowest BCUT2D eigenvalue weighted by Crippen LogP contribution is -2.52. The molecule has 2 aromatic carbocycles. The molecule has 0 heterocycles. The number of carbonyl (C=O) groups is 3. The molecular formula is C23H27FN2O3. The van der Waals surface area contributed by atoms with Crippen LogP contribution >= 0.6 is 0 Å². The van der Waals surface area contributed by atoms with Gasteiger partial charge in [-0.2, -0.15) is 0 Å². The van der Waals surface area contributed by atoms with Crippen LogP contribution in [-0.2, 0) is 27.2 Å². The summed E-state index contributed by atoms with van der Waals surface area (Å²) in [5.41, 5.74) is 1.78. The minimum absolute atomic E-state index is 0.145. The van der Waals surface area contributed by atoms with Gasteiger partial charge in [0.15, 0.2) is 0 Å². The van der Waals surface area contributed by atoms with Crippen LogP contribution < -0.4 is 10.6 Å². The third-order valence-electron chi connectivity index (χ3n) is 4.61. The molecule has 154 valence electrons. The van der Waals surface area contributed by atoms with Crippen molar-refractivity contribution in [1.82, 2.24) is 10.6 Å². The number of hydrogen-bond acceptors (Lipinski definition) is 3. The maximum atomic E-state index is 13.0. The highest BCUT2D eigenvalue weighted by molar-refractivity contribution is 5.89. The normalized spacial score (nSPS) is 12.8. The van der Waals surface area contributed by atoms with Crippen molar-refractivity contribution in [2.75, 3.05) is 0 Å². The van der Waals surface area contributed by atoms with Crippen molar-refractivity contribution in [3.05, 3.63) is 71.5 Å². The van der Waals surface area contributed by atoms with Crippen molar-refractivity contribution in [3.63, 3.8) is 0 Å². The molecular weight excluding hydrogens is 371 g/mol. The Bertz CT molecular complexity index is 807. The van der Waals surface area contributed by atoms with Crippen molar-refractivity contribution < 1.29 is 18.8 Å². The number of benzene rings is 2. The zero-order valence-corrected chi connectivity index (χ0v) is 16.7. The maximum absolute atomic E-state index is 13.0. The highest BCUT2D eigenvalue weighted by atomic mass is 19.1. The monoisotopic (exact) mass is 398 g/mol. The van der Waals surface area contributed by atoms with E-state index in [9.17, 15) is 18.8 Å². The van der Waals surface area contributed by atoms with E-state index in [1.54, 1.807) is 12.1 Å². The molecule has 0 bridgehead atoms. The summed E-state index contributed by atoms with van der Waals surface area (Å²) in [5.74, 6) is -1.12. The second-order valence-electron chi connectivity index (χ2n) is 7.36. The number of aryl methyl sites for hydroxylation is 1. The van der Waals surface area contributed by atoms with Crippen LogP contribution in [0.1, 0.15) is 31.4 Å². The quantitative estimate of drug-likeness (QED) is 0.605. The first-order chi connectivity index (χ1) is 13.9. The van der Waals surface area contributed by atoms with E-state index in [4.69, 9.17) is 0 Å². The fourth-order valence-corrected chi connectivity index (χ4v) is 2.96. The van der Waals surface area contributed by atoms with E-state index in [2.05, 4.69) is 10.6 Å². The summed E-state index contributed by atoms with van der Waals surface area (Å²) in [6.07, 6.45) is 1.73. The Hall–Kier alpha value is -3.02. The zero-order chi connectivity index (χ0) is 21.2. The van der Waals surface area contributed by atoms with Crippen molar-refractivity contribution in [1.29, 1.82) is 0 Å². The first-order valence-corrected chi connectivity index (χ1v) is 9.72. The van der Waals surface area contributed by atoms with E-state index in [-0.39, 0.29) is 30.0 Å². The zero-order valence-electron chi connectivity index (χ0n) is 16.7. The Morgan fingerprint density at radius 2 is 1.62 bits per heavy atom. The Labute approximate surface area is 170 Å². The van der Waals surface area contributed by atoms with Gasteiger partial charge in [-0.05, 0) is 42.0 Å². The average Bonchev–Trinajstić information content (AvgIpc) is 2.71.